The van der Waals surface area contributed by atoms with Crippen LogP contribution in [-0.4, -0.2) is 18.4 Å². The Kier molecular flexibility index (Phi) is 6.60. The third-order valence-corrected chi connectivity index (χ3v) is 4.86. The lowest BCUT2D eigenvalue weighted by molar-refractivity contribution is -0.107. The molecule has 28 heavy (non-hydrogen) atoms. The summed E-state index contributed by atoms with van der Waals surface area (Å²) >= 11 is 3.48. The van der Waals surface area contributed by atoms with Crippen LogP contribution in [0.1, 0.15) is 11.3 Å². The van der Waals surface area contributed by atoms with Crippen molar-refractivity contribution in [3.8, 4) is 5.75 Å². The van der Waals surface area contributed by atoms with E-state index in [1.165, 1.54) is 18.3 Å². The Balaban J connectivity index is 1.81. The maximum absolute atomic E-state index is 13.7. The van der Waals surface area contributed by atoms with Gasteiger partial charge in [0.1, 0.15) is 23.9 Å². The molecule has 1 heterocycles. The normalized spacial score (nSPS) is 10.4. The predicted octanol–water partition coefficient (Wildman–Crippen LogP) is 4.77. The standard InChI is InChI=1S/C21H19BrFN3O2/c1-24-19-7-3-2-5-15(19)12-26(14-27)21-11-16(8-9-17(21)22)28-13-20-18(23)6-4-10-25-20/h2-11,14,24H,12-13H2,1H3. The molecule has 1 amide bonds. The van der Waals surface area contributed by atoms with E-state index in [1.54, 1.807) is 23.1 Å². The number of benzene rings is 2. The summed E-state index contributed by atoms with van der Waals surface area (Å²) in [7, 11) is 1.84. The third kappa shape index (κ3) is 4.67. The van der Waals surface area contributed by atoms with Gasteiger partial charge in [-0.25, -0.2) is 4.39 Å². The van der Waals surface area contributed by atoms with Gasteiger partial charge in [-0.1, -0.05) is 18.2 Å². The van der Waals surface area contributed by atoms with Crippen LogP contribution in [0.2, 0.25) is 0 Å². The second-order valence-electron chi connectivity index (χ2n) is 5.97. The fraction of sp³-hybridized carbons (Fsp3) is 0.143. The van der Waals surface area contributed by atoms with Crippen LogP contribution in [0.3, 0.4) is 0 Å². The number of nitrogens with zero attached hydrogens (tertiary/aromatic N) is 2. The molecule has 0 saturated heterocycles. The molecule has 0 saturated carbocycles. The van der Waals surface area contributed by atoms with E-state index >= 15 is 0 Å². The van der Waals surface area contributed by atoms with Gasteiger partial charge >= 0.3 is 0 Å². The molecule has 5 nitrogen and oxygen atoms in total. The molecule has 7 heteroatoms. The topological polar surface area (TPSA) is 54.5 Å². The van der Waals surface area contributed by atoms with Crippen molar-refractivity contribution < 1.29 is 13.9 Å². The summed E-state index contributed by atoms with van der Waals surface area (Å²) in [5, 5.41) is 3.12. The van der Waals surface area contributed by atoms with E-state index in [-0.39, 0.29) is 12.3 Å². The molecule has 1 N–H and O–H groups in total. The van der Waals surface area contributed by atoms with E-state index < -0.39 is 5.82 Å². The van der Waals surface area contributed by atoms with Crippen molar-refractivity contribution in [2.45, 2.75) is 13.2 Å². The molecule has 0 fully saturated rings. The van der Waals surface area contributed by atoms with Gasteiger partial charge < -0.3 is 15.0 Å². The summed E-state index contributed by atoms with van der Waals surface area (Å²) in [5.41, 5.74) is 2.80. The summed E-state index contributed by atoms with van der Waals surface area (Å²) in [5.74, 6) is 0.0926. The van der Waals surface area contributed by atoms with E-state index in [1.807, 2.05) is 31.3 Å². The maximum Gasteiger partial charge on any atom is 0.214 e. The first-order chi connectivity index (χ1) is 13.6. The Bertz CT molecular complexity index is 968. The smallest absolute Gasteiger partial charge is 0.214 e. The Labute approximate surface area is 171 Å². The number of hydrogen-bond donors (Lipinski definition) is 1. The second kappa shape index (κ2) is 9.32. The zero-order valence-electron chi connectivity index (χ0n) is 15.2. The first-order valence-corrected chi connectivity index (χ1v) is 9.41. The number of aromatic nitrogens is 1. The molecule has 0 aliphatic carbocycles. The van der Waals surface area contributed by atoms with Crippen LogP contribution in [0.4, 0.5) is 15.8 Å². The van der Waals surface area contributed by atoms with Crippen molar-refractivity contribution in [2.75, 3.05) is 17.3 Å². The molecule has 0 atom stereocenters. The molecule has 0 radical (unpaired) electrons. The maximum atomic E-state index is 13.7. The first kappa shape index (κ1) is 19.8. The Morgan fingerprint density at radius 1 is 1.21 bits per heavy atom. The third-order valence-electron chi connectivity index (χ3n) is 4.19. The van der Waals surface area contributed by atoms with Gasteiger partial charge in [0.15, 0.2) is 0 Å². The predicted molar refractivity (Wildman–Crippen MR) is 111 cm³/mol. The summed E-state index contributed by atoms with van der Waals surface area (Å²) in [4.78, 5) is 17.3. The fourth-order valence-electron chi connectivity index (χ4n) is 2.74. The highest BCUT2D eigenvalue weighted by atomic mass is 79.9. The summed E-state index contributed by atoms with van der Waals surface area (Å²) < 4.78 is 20.1. The van der Waals surface area contributed by atoms with E-state index in [2.05, 4.69) is 26.2 Å². The highest BCUT2D eigenvalue weighted by Gasteiger charge is 2.14. The van der Waals surface area contributed by atoms with Crippen LogP contribution in [0.5, 0.6) is 5.75 Å². The SMILES string of the molecule is CNc1ccccc1CN(C=O)c1cc(OCc2ncccc2F)ccc1Br. The van der Waals surface area contributed by atoms with Gasteiger partial charge in [0, 0.05) is 29.5 Å². The largest absolute Gasteiger partial charge is 0.487 e. The van der Waals surface area contributed by atoms with Crippen molar-refractivity contribution in [2.24, 2.45) is 0 Å². The number of para-hydroxylation sites is 1. The highest BCUT2D eigenvalue weighted by molar-refractivity contribution is 9.10. The number of halogens is 2. The second-order valence-corrected chi connectivity index (χ2v) is 6.83. The molecular formula is C21H19BrFN3O2. The number of nitrogens with one attached hydrogen (secondary N) is 1. The number of pyridine rings is 1. The molecular weight excluding hydrogens is 425 g/mol. The van der Waals surface area contributed by atoms with Crippen LogP contribution < -0.4 is 15.0 Å². The van der Waals surface area contributed by atoms with Gasteiger partial charge in [-0.3, -0.25) is 9.78 Å². The van der Waals surface area contributed by atoms with E-state index in [0.29, 0.717) is 18.0 Å². The number of rotatable bonds is 8. The highest BCUT2D eigenvalue weighted by Crippen LogP contribution is 2.32. The average molecular weight is 444 g/mol. The van der Waals surface area contributed by atoms with Crippen molar-refractivity contribution in [3.63, 3.8) is 0 Å². The molecule has 0 unspecified atom stereocenters. The average Bonchev–Trinajstić information content (AvgIpc) is 2.73. The van der Waals surface area contributed by atoms with E-state index in [4.69, 9.17) is 4.74 Å². The van der Waals surface area contributed by atoms with Crippen molar-refractivity contribution in [1.82, 2.24) is 4.98 Å². The minimum atomic E-state index is -0.418. The molecule has 144 valence electrons. The molecule has 0 aliphatic heterocycles. The van der Waals surface area contributed by atoms with Gasteiger partial charge in [0.2, 0.25) is 6.41 Å². The molecule has 0 bridgehead atoms. The van der Waals surface area contributed by atoms with Crippen LogP contribution >= 0.6 is 15.9 Å². The van der Waals surface area contributed by atoms with Crippen LogP contribution in [0, 0.1) is 5.82 Å². The van der Waals surface area contributed by atoms with Crippen LogP contribution in [0.25, 0.3) is 0 Å². The lowest BCUT2D eigenvalue weighted by Crippen LogP contribution is -2.21. The zero-order valence-corrected chi connectivity index (χ0v) is 16.8. The minimum absolute atomic E-state index is 0.00256. The van der Waals surface area contributed by atoms with Gasteiger partial charge in [-0.15, -0.1) is 0 Å². The molecule has 3 rings (SSSR count). The van der Waals surface area contributed by atoms with Crippen LogP contribution in [-0.2, 0) is 17.9 Å². The van der Waals surface area contributed by atoms with E-state index in [9.17, 15) is 9.18 Å². The Hall–Kier alpha value is -2.93. The zero-order chi connectivity index (χ0) is 19.9. The minimum Gasteiger partial charge on any atom is -0.487 e. The summed E-state index contributed by atoms with van der Waals surface area (Å²) in [6, 6.07) is 15.9. The first-order valence-electron chi connectivity index (χ1n) is 8.61. The fourth-order valence-corrected chi connectivity index (χ4v) is 3.22. The van der Waals surface area contributed by atoms with Gasteiger partial charge in [-0.05, 0) is 51.8 Å². The number of amides is 1. The molecule has 2 aromatic carbocycles. The van der Waals surface area contributed by atoms with Gasteiger partial charge in [-0.2, -0.15) is 0 Å². The number of carbonyl (C=O) groups excluding carboxylic acids is 1. The lowest BCUT2D eigenvalue weighted by atomic mass is 10.1. The summed E-state index contributed by atoms with van der Waals surface area (Å²) in [6.45, 7) is 0.384. The quantitative estimate of drug-likeness (QED) is 0.509. The number of hydrogen-bond acceptors (Lipinski definition) is 4. The number of carbonyl (C=O) groups is 1. The Morgan fingerprint density at radius 3 is 2.79 bits per heavy atom. The van der Waals surface area contributed by atoms with Crippen molar-refractivity contribution in [1.29, 1.82) is 0 Å². The van der Waals surface area contributed by atoms with E-state index in [0.717, 1.165) is 22.1 Å². The van der Waals surface area contributed by atoms with Crippen molar-refractivity contribution >= 4 is 33.7 Å². The molecule has 0 spiro atoms. The molecule has 1 aromatic heterocycles. The molecule has 3 aromatic rings. The Morgan fingerprint density at radius 2 is 2.04 bits per heavy atom. The van der Waals surface area contributed by atoms with Crippen molar-refractivity contribution in [3.05, 3.63) is 82.3 Å². The summed E-state index contributed by atoms with van der Waals surface area (Å²) in [6.07, 6.45) is 2.29. The monoisotopic (exact) mass is 443 g/mol. The molecule has 0 aliphatic rings. The van der Waals surface area contributed by atoms with Gasteiger partial charge in [0.05, 0.1) is 12.2 Å². The number of ether oxygens (including phenoxy) is 1. The number of anilines is 2. The lowest BCUT2D eigenvalue weighted by Gasteiger charge is -2.21. The van der Waals surface area contributed by atoms with Crippen LogP contribution in [0.15, 0.2) is 65.3 Å². The van der Waals surface area contributed by atoms with Gasteiger partial charge in [0.25, 0.3) is 0 Å².